The van der Waals surface area contributed by atoms with Gasteiger partial charge in [0, 0.05) is 12.6 Å². The number of hydrogen-bond acceptors (Lipinski definition) is 6. The minimum absolute atomic E-state index is 0.0231. The largest absolute Gasteiger partial charge is 0.480 e. The number of carboxylic acid groups (broad SMARTS) is 1. The molecule has 0 fully saturated rings. The number of rotatable bonds is 8. The lowest BCUT2D eigenvalue weighted by Gasteiger charge is -2.13. The molecule has 0 saturated heterocycles. The van der Waals surface area contributed by atoms with Gasteiger partial charge in [0.2, 0.25) is 0 Å². The number of carboxylic acids is 1. The highest BCUT2D eigenvalue weighted by molar-refractivity contribution is 5.80. The number of ether oxygens (including phenoxy) is 2. The van der Waals surface area contributed by atoms with E-state index in [1.807, 2.05) is 19.9 Å². The van der Waals surface area contributed by atoms with Crippen molar-refractivity contribution in [2.45, 2.75) is 32.9 Å². The average Bonchev–Trinajstić information content (AvgIpc) is 3.13. The summed E-state index contributed by atoms with van der Waals surface area (Å²) in [7, 11) is 0. The maximum Gasteiger partial charge on any atom is 0.419 e. The lowest BCUT2D eigenvalue weighted by Crippen LogP contribution is -2.42. The van der Waals surface area contributed by atoms with Crippen molar-refractivity contribution in [1.29, 1.82) is 0 Å². The fraction of sp³-hybridized carbons (Fsp3) is 0.368. The summed E-state index contributed by atoms with van der Waals surface area (Å²) in [5.74, 6) is -1.05. The zero-order valence-electron chi connectivity index (χ0n) is 15.7. The van der Waals surface area contributed by atoms with Gasteiger partial charge in [-0.2, -0.15) is 0 Å². The fourth-order valence-electron chi connectivity index (χ4n) is 2.20. The van der Waals surface area contributed by atoms with Gasteiger partial charge in [-0.1, -0.05) is 44.2 Å². The van der Waals surface area contributed by atoms with Crippen LogP contribution >= 0.6 is 0 Å². The summed E-state index contributed by atoms with van der Waals surface area (Å²) in [5, 5.41) is 11.6. The van der Waals surface area contributed by atoms with E-state index in [0.29, 0.717) is 5.69 Å². The third-order valence-electron chi connectivity index (χ3n) is 3.60. The van der Waals surface area contributed by atoms with Crippen LogP contribution in [0.2, 0.25) is 0 Å². The molecule has 1 heterocycles. The Morgan fingerprint density at radius 3 is 2.54 bits per heavy atom. The standard InChI is InChI=1S/C19H23N3O6/c1-13(2)10-28-19(26)22-9-15(20-12-22)8-16(17(23)24)21-18(25)27-11-14-6-4-3-5-7-14/h3-7,9,12-13,16H,8,10-11H2,1-2H3,(H,21,25)(H,23,24)/t16-/m0/s1. The van der Waals surface area contributed by atoms with Gasteiger partial charge in [0.05, 0.1) is 12.3 Å². The molecule has 0 aliphatic carbocycles. The third kappa shape index (κ3) is 6.75. The summed E-state index contributed by atoms with van der Waals surface area (Å²) in [6.45, 7) is 4.10. The zero-order chi connectivity index (χ0) is 20.5. The minimum atomic E-state index is -1.25. The van der Waals surface area contributed by atoms with Gasteiger partial charge in [-0.15, -0.1) is 0 Å². The van der Waals surface area contributed by atoms with E-state index < -0.39 is 24.2 Å². The molecule has 2 rings (SSSR count). The van der Waals surface area contributed by atoms with Gasteiger partial charge in [-0.25, -0.2) is 23.9 Å². The number of amides is 1. The molecule has 2 aromatic rings. The number of hydrogen-bond donors (Lipinski definition) is 2. The van der Waals surface area contributed by atoms with Crippen LogP contribution in [0, 0.1) is 5.92 Å². The summed E-state index contributed by atoms with van der Waals surface area (Å²) in [6, 6.07) is 7.76. The summed E-state index contributed by atoms with van der Waals surface area (Å²) in [4.78, 5) is 39.2. The summed E-state index contributed by atoms with van der Waals surface area (Å²) in [6.07, 6.45) is 1.04. The number of benzene rings is 1. The molecule has 150 valence electrons. The molecule has 0 radical (unpaired) electrons. The van der Waals surface area contributed by atoms with Crippen molar-refractivity contribution in [2.75, 3.05) is 6.61 Å². The molecule has 0 aliphatic heterocycles. The van der Waals surface area contributed by atoms with Crippen molar-refractivity contribution in [1.82, 2.24) is 14.9 Å². The quantitative estimate of drug-likeness (QED) is 0.711. The maximum atomic E-state index is 11.9. The van der Waals surface area contributed by atoms with Crippen LogP contribution < -0.4 is 5.32 Å². The monoisotopic (exact) mass is 389 g/mol. The van der Waals surface area contributed by atoms with E-state index in [1.54, 1.807) is 24.3 Å². The Hall–Kier alpha value is -3.36. The van der Waals surface area contributed by atoms with Gasteiger partial charge < -0.3 is 19.9 Å². The molecule has 0 saturated carbocycles. The Bertz CT molecular complexity index is 803. The molecule has 1 amide bonds. The smallest absolute Gasteiger partial charge is 0.419 e. The minimum Gasteiger partial charge on any atom is -0.480 e. The first-order chi connectivity index (χ1) is 13.3. The summed E-state index contributed by atoms with van der Waals surface area (Å²) < 4.78 is 11.2. The molecule has 28 heavy (non-hydrogen) atoms. The number of carbonyl (C=O) groups is 3. The first-order valence-corrected chi connectivity index (χ1v) is 8.75. The molecule has 0 aliphatic rings. The Labute approximate surface area is 162 Å². The van der Waals surface area contributed by atoms with E-state index in [1.165, 1.54) is 12.5 Å². The molecule has 2 N–H and O–H groups in total. The number of nitrogens with one attached hydrogen (secondary N) is 1. The number of aromatic nitrogens is 2. The van der Waals surface area contributed by atoms with Gasteiger partial charge >= 0.3 is 18.2 Å². The molecular formula is C19H23N3O6. The Kier molecular flexibility index (Phi) is 7.55. The SMILES string of the molecule is CC(C)COC(=O)n1cnc(C[C@H](NC(=O)OCc2ccccc2)C(=O)O)c1. The highest BCUT2D eigenvalue weighted by Gasteiger charge is 2.23. The molecule has 9 heteroatoms. The Balaban J connectivity index is 1.89. The summed E-state index contributed by atoms with van der Waals surface area (Å²) in [5.41, 5.74) is 1.10. The van der Waals surface area contributed by atoms with E-state index in [-0.39, 0.29) is 25.6 Å². The van der Waals surface area contributed by atoms with Gasteiger partial charge in [0.1, 0.15) is 19.0 Å². The number of nitrogens with zero attached hydrogens (tertiary/aromatic N) is 2. The van der Waals surface area contributed by atoms with Crippen molar-refractivity contribution in [3.63, 3.8) is 0 Å². The molecule has 1 atom stereocenters. The van der Waals surface area contributed by atoms with Crippen LogP contribution in [0.25, 0.3) is 0 Å². The lowest BCUT2D eigenvalue weighted by molar-refractivity contribution is -0.139. The first kappa shape index (κ1) is 20.9. The van der Waals surface area contributed by atoms with Crippen molar-refractivity contribution >= 4 is 18.2 Å². The van der Waals surface area contributed by atoms with E-state index in [4.69, 9.17) is 9.47 Å². The Morgan fingerprint density at radius 1 is 1.18 bits per heavy atom. The molecule has 0 unspecified atom stereocenters. The fourth-order valence-corrected chi connectivity index (χ4v) is 2.20. The second-order valence-electron chi connectivity index (χ2n) is 6.54. The van der Waals surface area contributed by atoms with E-state index in [2.05, 4.69) is 10.3 Å². The second-order valence-corrected chi connectivity index (χ2v) is 6.54. The number of alkyl carbamates (subject to hydrolysis) is 1. The van der Waals surface area contributed by atoms with Crippen molar-refractivity contribution < 1.29 is 29.0 Å². The number of imidazole rings is 1. The van der Waals surface area contributed by atoms with Crippen LogP contribution in [-0.4, -0.2) is 45.5 Å². The topological polar surface area (TPSA) is 120 Å². The molecule has 9 nitrogen and oxygen atoms in total. The molecule has 1 aromatic heterocycles. The molecular weight excluding hydrogens is 366 g/mol. The Morgan fingerprint density at radius 2 is 1.89 bits per heavy atom. The predicted octanol–water partition coefficient (Wildman–Crippen LogP) is 2.45. The van der Waals surface area contributed by atoms with Crippen molar-refractivity contribution in [2.24, 2.45) is 5.92 Å². The van der Waals surface area contributed by atoms with Crippen LogP contribution in [0.5, 0.6) is 0 Å². The van der Waals surface area contributed by atoms with Crippen molar-refractivity contribution in [3.05, 3.63) is 54.1 Å². The highest BCUT2D eigenvalue weighted by atomic mass is 16.6. The van der Waals surface area contributed by atoms with Gasteiger partial charge in [0.25, 0.3) is 0 Å². The van der Waals surface area contributed by atoms with Gasteiger partial charge in [-0.05, 0) is 11.5 Å². The number of aliphatic carboxylic acids is 1. The van der Waals surface area contributed by atoms with E-state index in [9.17, 15) is 19.5 Å². The number of carbonyl (C=O) groups excluding carboxylic acids is 2. The van der Waals surface area contributed by atoms with Gasteiger partial charge in [-0.3, -0.25) is 0 Å². The zero-order valence-corrected chi connectivity index (χ0v) is 15.7. The maximum absolute atomic E-state index is 11.9. The average molecular weight is 389 g/mol. The highest BCUT2D eigenvalue weighted by Crippen LogP contribution is 2.05. The molecule has 0 bridgehead atoms. The van der Waals surface area contributed by atoms with Crippen molar-refractivity contribution in [3.8, 4) is 0 Å². The van der Waals surface area contributed by atoms with Crippen LogP contribution in [0.4, 0.5) is 9.59 Å². The van der Waals surface area contributed by atoms with Gasteiger partial charge in [0.15, 0.2) is 0 Å². The third-order valence-corrected chi connectivity index (χ3v) is 3.60. The van der Waals surface area contributed by atoms with Crippen LogP contribution in [0.3, 0.4) is 0 Å². The predicted molar refractivity (Wildman–Crippen MR) is 98.7 cm³/mol. The van der Waals surface area contributed by atoms with Crippen LogP contribution in [0.1, 0.15) is 25.1 Å². The van der Waals surface area contributed by atoms with Crippen LogP contribution in [-0.2, 0) is 27.3 Å². The first-order valence-electron chi connectivity index (χ1n) is 8.75. The molecule has 1 aromatic carbocycles. The molecule has 0 spiro atoms. The normalized spacial score (nSPS) is 11.7. The lowest BCUT2D eigenvalue weighted by atomic mass is 10.2. The second kappa shape index (κ2) is 10.1. The van der Waals surface area contributed by atoms with Crippen LogP contribution in [0.15, 0.2) is 42.9 Å². The summed E-state index contributed by atoms with van der Waals surface area (Å²) >= 11 is 0. The van der Waals surface area contributed by atoms with E-state index in [0.717, 1.165) is 10.1 Å². The van der Waals surface area contributed by atoms with E-state index >= 15 is 0 Å².